The Kier molecular flexibility index (Phi) is 259. The molecule has 5 heteroatoms. The summed E-state index contributed by atoms with van der Waals surface area (Å²) >= 11 is 0. The van der Waals surface area contributed by atoms with Crippen LogP contribution >= 0.6 is 0 Å². The second kappa shape index (κ2) is 28.8. The number of hydrogen-bond donors (Lipinski definition) is 0. The van der Waals surface area contributed by atoms with Crippen molar-refractivity contribution >= 4 is 0 Å². The molecule has 0 bridgehead atoms. The zero-order chi connectivity index (χ0) is 0. The maximum atomic E-state index is 0. The smallest absolute Gasteiger partial charge is 2.00 e. The Morgan fingerprint density at radius 3 is 1.00 bits per heavy atom. The van der Waals surface area contributed by atoms with Gasteiger partial charge in [-0.3, -0.25) is 0 Å². The Morgan fingerprint density at radius 2 is 1.00 bits per heavy atom. The molecule has 0 unspecified atom stereocenters. The molecule has 2 nitrogen and oxygen atoms in total. The number of rotatable bonds is 0. The van der Waals surface area contributed by atoms with Crippen LogP contribution < -0.4 is 70.2 Å². The molecule has 0 radical (unpaired) electrons. The first-order valence-corrected chi connectivity index (χ1v) is 0. The molecular weight excluding hydrogens is 126 g/mol. The molecule has 0 amide bonds. The van der Waals surface area contributed by atoms with E-state index < -0.39 is 0 Å². The van der Waals surface area contributed by atoms with Gasteiger partial charge >= 0.3 is 92.0 Å². The molecule has 0 aliphatic rings. The molecule has 0 saturated carbocycles. The molecule has 0 rings (SSSR count). The summed E-state index contributed by atoms with van der Waals surface area (Å²) in [5.74, 6) is 0. The average Bonchev–Trinajstić information content (AvgIpc) is 0. The van der Waals surface area contributed by atoms with Crippen molar-refractivity contribution in [2.45, 2.75) is 0 Å². The van der Waals surface area contributed by atoms with Gasteiger partial charge in [0.1, 0.15) is 0 Å². The summed E-state index contributed by atoms with van der Waals surface area (Å²) in [5.41, 5.74) is 0. The molecule has 0 spiro atoms. The van der Waals surface area contributed by atoms with Gasteiger partial charge in [-0.05, 0) is 0 Å². The van der Waals surface area contributed by atoms with Gasteiger partial charge in [-0.1, -0.05) is 0 Å². The molecule has 5 heavy (non-hydrogen) atoms. The molecule has 0 heterocycles. The minimum Gasteiger partial charge on any atom is -2.00 e. The Balaban J connectivity index is 0. The topological polar surface area (TPSA) is 57.0 Å². The quantitative estimate of drug-likeness (QED) is 0.291. The van der Waals surface area contributed by atoms with Crippen molar-refractivity contribution in [1.82, 2.24) is 0 Å². The van der Waals surface area contributed by atoms with Crippen molar-refractivity contribution in [3.05, 3.63) is 0 Å². The maximum Gasteiger partial charge on any atom is 4.00 e. The molecule has 0 aliphatic carbocycles. The van der Waals surface area contributed by atoms with Crippen LogP contribution in [0.2, 0.25) is 0 Å². The molecule has 0 saturated heterocycles. The van der Waals surface area contributed by atoms with Crippen molar-refractivity contribution in [1.29, 1.82) is 0 Å². The van der Waals surface area contributed by atoms with E-state index in [1.54, 1.807) is 0 Å². The van der Waals surface area contributed by atoms with Gasteiger partial charge in [0.25, 0.3) is 0 Å². The van der Waals surface area contributed by atoms with Crippen LogP contribution in [-0.2, 0) is 32.7 Å². The Hall–Kier alpha value is 2.87. The van der Waals surface area contributed by atoms with Crippen LogP contribution in [0.25, 0.3) is 0 Å². The monoisotopic (exact) mass is 128 g/mol. The van der Waals surface area contributed by atoms with Crippen LogP contribution in [0, 0.1) is 0 Å². The normalized spacial score (nSPS) is 0. The molecular formula is H2KLiO2Ti. The summed E-state index contributed by atoms with van der Waals surface area (Å²) in [4.78, 5) is 0. The molecule has 0 N–H and O–H groups in total. The van der Waals surface area contributed by atoms with Crippen LogP contribution in [-0.4, -0.2) is 0 Å². The van der Waals surface area contributed by atoms with Crippen molar-refractivity contribution in [3.63, 3.8) is 0 Å². The van der Waals surface area contributed by atoms with E-state index in [9.17, 15) is 0 Å². The van der Waals surface area contributed by atoms with E-state index in [1.807, 2.05) is 0 Å². The maximum absolute atomic E-state index is 0. The van der Waals surface area contributed by atoms with E-state index in [2.05, 4.69) is 0 Å². The van der Waals surface area contributed by atoms with Gasteiger partial charge in [0, 0.05) is 0 Å². The minimum absolute atomic E-state index is 0. The SMILES string of the molecule is [H-].[H-].[K+].[Li+].[O-2].[O-2].[Ti+4]. The van der Waals surface area contributed by atoms with Crippen molar-refractivity contribution in [2.24, 2.45) is 0 Å². The van der Waals surface area contributed by atoms with Gasteiger partial charge < -0.3 is 13.8 Å². The van der Waals surface area contributed by atoms with Crippen LogP contribution in [0.3, 0.4) is 0 Å². The van der Waals surface area contributed by atoms with E-state index in [1.165, 1.54) is 0 Å². The van der Waals surface area contributed by atoms with E-state index in [0.29, 0.717) is 0 Å². The molecule has 20 valence electrons. The Labute approximate surface area is 104 Å². The first-order valence-electron chi connectivity index (χ1n) is 0. The summed E-state index contributed by atoms with van der Waals surface area (Å²) < 4.78 is 0. The van der Waals surface area contributed by atoms with Crippen molar-refractivity contribution < 1.29 is 106 Å². The Bertz CT molecular complexity index is 15.7. The molecule has 0 fully saturated rings. The Morgan fingerprint density at radius 1 is 1.00 bits per heavy atom. The van der Waals surface area contributed by atoms with Crippen molar-refractivity contribution in [3.8, 4) is 0 Å². The largest absolute Gasteiger partial charge is 4.00 e. The van der Waals surface area contributed by atoms with Gasteiger partial charge in [-0.25, -0.2) is 0 Å². The predicted molar refractivity (Wildman–Crippen MR) is 3.60 cm³/mol. The standard InChI is InChI=1S/K.Li.2O.Ti.2H/q2*+1;2*-2;+4;2*-1. The molecule has 0 aliphatic heterocycles. The van der Waals surface area contributed by atoms with Gasteiger partial charge in [-0.2, -0.15) is 0 Å². The van der Waals surface area contributed by atoms with Crippen molar-refractivity contribution in [2.75, 3.05) is 0 Å². The van der Waals surface area contributed by atoms with Gasteiger partial charge in [0.05, 0.1) is 0 Å². The predicted octanol–water partition coefficient (Wildman–Crippen LogP) is -6.01. The van der Waals surface area contributed by atoms with Gasteiger partial charge in [0.15, 0.2) is 0 Å². The summed E-state index contributed by atoms with van der Waals surface area (Å²) in [6.07, 6.45) is 0. The van der Waals surface area contributed by atoms with E-state index in [4.69, 9.17) is 0 Å². The second-order valence-electron chi connectivity index (χ2n) is 0. The summed E-state index contributed by atoms with van der Waals surface area (Å²) in [6, 6.07) is 0. The summed E-state index contributed by atoms with van der Waals surface area (Å²) in [5, 5.41) is 0. The van der Waals surface area contributed by atoms with Crippen LogP contribution in [0.5, 0.6) is 0 Å². The van der Waals surface area contributed by atoms with Crippen LogP contribution in [0.1, 0.15) is 2.85 Å². The first-order chi connectivity index (χ1) is 0. The average molecular weight is 128 g/mol. The summed E-state index contributed by atoms with van der Waals surface area (Å²) in [6.45, 7) is 0. The minimum atomic E-state index is 0. The molecule has 0 aromatic rings. The van der Waals surface area contributed by atoms with Gasteiger partial charge in [-0.15, -0.1) is 0 Å². The van der Waals surface area contributed by atoms with Crippen LogP contribution in [0.4, 0.5) is 0 Å². The van der Waals surface area contributed by atoms with Gasteiger partial charge in [0.2, 0.25) is 0 Å². The second-order valence-corrected chi connectivity index (χ2v) is 0. The third-order valence-electron chi connectivity index (χ3n) is 0. The molecule has 0 aromatic heterocycles. The fraction of sp³-hybridized carbons (Fsp3) is 0. The number of hydrogen-bond acceptors (Lipinski definition) is 0. The fourth-order valence-corrected chi connectivity index (χ4v) is 0. The zero-order valence-electron chi connectivity index (χ0n) is 5.32. The van der Waals surface area contributed by atoms with E-state index >= 15 is 0 Å². The molecule has 0 aromatic carbocycles. The zero-order valence-corrected chi connectivity index (χ0v) is 8.00. The third kappa shape index (κ3) is 19.8. The summed E-state index contributed by atoms with van der Waals surface area (Å²) in [7, 11) is 0. The van der Waals surface area contributed by atoms with Crippen LogP contribution in [0.15, 0.2) is 0 Å². The fourth-order valence-electron chi connectivity index (χ4n) is 0. The molecule has 0 atom stereocenters. The van der Waals surface area contributed by atoms with E-state index in [0.717, 1.165) is 0 Å². The third-order valence-corrected chi connectivity index (χ3v) is 0. The van der Waals surface area contributed by atoms with E-state index in [-0.39, 0.29) is 106 Å². The first kappa shape index (κ1) is 45.1.